The summed E-state index contributed by atoms with van der Waals surface area (Å²) in [5.41, 5.74) is 10.9. The second kappa shape index (κ2) is 9.18. The highest BCUT2D eigenvalue weighted by molar-refractivity contribution is 5.76. The fraction of sp³-hybridized carbons (Fsp3) is 0.385. The van der Waals surface area contributed by atoms with Crippen LogP contribution in [0.1, 0.15) is 44.1 Å². The number of aromatic nitrogens is 6. The molecular weight excluding hydrogens is 454 g/mol. The van der Waals surface area contributed by atoms with E-state index in [1.54, 1.807) is 12.4 Å². The van der Waals surface area contributed by atoms with Crippen LogP contribution in [0.4, 0.5) is 17.3 Å². The quantitative estimate of drug-likeness (QED) is 0.408. The molecule has 0 unspecified atom stereocenters. The molecule has 0 spiro atoms. The Bertz CT molecular complexity index is 1390. The van der Waals surface area contributed by atoms with E-state index in [1.165, 1.54) is 6.33 Å². The molecule has 1 amide bonds. The summed E-state index contributed by atoms with van der Waals surface area (Å²) in [5.74, 6) is 0.563. The Morgan fingerprint density at radius 1 is 0.972 bits per heavy atom. The predicted octanol–water partition coefficient (Wildman–Crippen LogP) is 3.65. The molecule has 2 aliphatic carbocycles. The molecule has 3 N–H and O–H groups in total. The molecular formula is C26H29N9O. The van der Waals surface area contributed by atoms with E-state index < -0.39 is 0 Å². The predicted molar refractivity (Wildman–Crippen MR) is 137 cm³/mol. The molecule has 4 aromatic rings. The van der Waals surface area contributed by atoms with Crippen molar-refractivity contribution in [2.75, 3.05) is 10.2 Å². The zero-order chi connectivity index (χ0) is 24.6. The van der Waals surface area contributed by atoms with Gasteiger partial charge in [0.15, 0.2) is 0 Å². The molecule has 0 radical (unpaired) electrons. The van der Waals surface area contributed by atoms with Gasteiger partial charge >= 0.3 is 0 Å². The third-order valence-electron chi connectivity index (χ3n) is 7.22. The van der Waals surface area contributed by atoms with E-state index in [2.05, 4.69) is 25.2 Å². The second-order valence-corrected chi connectivity index (χ2v) is 9.79. The molecule has 0 atom stereocenters. The fourth-order valence-corrected chi connectivity index (χ4v) is 5.19. The zero-order valence-corrected chi connectivity index (χ0v) is 20.2. The van der Waals surface area contributed by atoms with Crippen molar-refractivity contribution in [3.63, 3.8) is 0 Å². The Balaban J connectivity index is 1.33. The van der Waals surface area contributed by atoms with Gasteiger partial charge < -0.3 is 16.0 Å². The Labute approximate surface area is 209 Å². The van der Waals surface area contributed by atoms with Gasteiger partial charge in [-0.3, -0.25) is 9.20 Å². The Morgan fingerprint density at radius 2 is 1.69 bits per heavy atom. The number of aryl methyl sites for hydroxylation is 1. The first kappa shape index (κ1) is 22.4. The average Bonchev–Trinajstić information content (AvgIpc) is 3.64. The minimum Gasteiger partial charge on any atom is -0.369 e. The molecule has 0 saturated heterocycles. The van der Waals surface area contributed by atoms with Gasteiger partial charge in [0, 0.05) is 30.4 Å². The van der Waals surface area contributed by atoms with Crippen molar-refractivity contribution in [3.8, 4) is 11.4 Å². The van der Waals surface area contributed by atoms with Gasteiger partial charge in [-0.1, -0.05) is 0 Å². The van der Waals surface area contributed by atoms with Crippen LogP contribution in [0.3, 0.4) is 0 Å². The van der Waals surface area contributed by atoms with Crippen LogP contribution in [0.2, 0.25) is 0 Å². The number of nitrogens with zero attached hydrogens (tertiary/aromatic N) is 7. The molecule has 184 valence electrons. The molecule has 2 aliphatic rings. The van der Waals surface area contributed by atoms with Crippen LogP contribution in [-0.2, 0) is 4.79 Å². The fourth-order valence-electron chi connectivity index (χ4n) is 5.19. The molecule has 10 heteroatoms. The zero-order valence-electron chi connectivity index (χ0n) is 20.2. The third kappa shape index (κ3) is 4.34. The van der Waals surface area contributed by atoms with Crippen molar-refractivity contribution in [1.29, 1.82) is 0 Å². The van der Waals surface area contributed by atoms with Crippen LogP contribution in [-0.4, -0.2) is 47.3 Å². The lowest BCUT2D eigenvalue weighted by Crippen LogP contribution is -2.42. The van der Waals surface area contributed by atoms with Crippen LogP contribution >= 0.6 is 0 Å². The molecule has 4 aromatic heterocycles. The van der Waals surface area contributed by atoms with Crippen molar-refractivity contribution in [2.45, 2.75) is 57.5 Å². The molecule has 0 aromatic carbocycles. The van der Waals surface area contributed by atoms with E-state index in [1.807, 2.05) is 42.0 Å². The molecule has 2 fully saturated rings. The van der Waals surface area contributed by atoms with Crippen molar-refractivity contribution in [2.24, 2.45) is 11.7 Å². The summed E-state index contributed by atoms with van der Waals surface area (Å²) in [6.07, 6.45) is 16.6. The SMILES string of the molecule is Cc1cnc(N(C2CCC(C(N)=O)CC2)C2CC2)nc1-c1cnc2ccc(Nc3cncnc3)cn12. The first-order valence-electron chi connectivity index (χ1n) is 12.5. The minimum atomic E-state index is -0.179. The van der Waals surface area contributed by atoms with Crippen molar-refractivity contribution < 1.29 is 4.79 Å². The van der Waals surface area contributed by atoms with Gasteiger partial charge in [0.05, 0.1) is 41.4 Å². The number of amides is 1. The molecule has 10 nitrogen and oxygen atoms in total. The number of hydrogen-bond acceptors (Lipinski definition) is 8. The minimum absolute atomic E-state index is 0.0137. The first-order chi connectivity index (χ1) is 17.6. The number of carbonyl (C=O) groups excluding carboxylic acids is 1. The summed E-state index contributed by atoms with van der Waals surface area (Å²) in [6, 6.07) is 4.74. The second-order valence-electron chi connectivity index (χ2n) is 9.79. The average molecular weight is 484 g/mol. The number of carbonyl (C=O) groups is 1. The standard InChI is InChI=1S/C26H29N9O/c1-16-10-31-26(35(21-7-8-21)20-5-2-17(3-6-20)25(27)36)33-24(16)22-13-30-23-9-4-18(14-34(22)23)32-19-11-28-15-29-12-19/h4,9-15,17,20-21,32H,2-3,5-8H2,1H3,(H2,27,36). The number of hydrogen-bond donors (Lipinski definition) is 2. The molecule has 4 heterocycles. The van der Waals surface area contributed by atoms with Gasteiger partial charge in [-0.15, -0.1) is 0 Å². The number of pyridine rings is 1. The normalized spacial score (nSPS) is 19.8. The maximum atomic E-state index is 11.7. The largest absolute Gasteiger partial charge is 0.369 e. The highest BCUT2D eigenvalue weighted by atomic mass is 16.1. The number of nitrogens with one attached hydrogen (secondary N) is 1. The van der Waals surface area contributed by atoms with Gasteiger partial charge in [0.1, 0.15) is 12.0 Å². The number of fused-ring (bicyclic) bond motifs is 1. The number of imidazole rings is 1. The van der Waals surface area contributed by atoms with Crippen LogP contribution in [0.25, 0.3) is 17.0 Å². The maximum Gasteiger partial charge on any atom is 0.226 e. The van der Waals surface area contributed by atoms with E-state index >= 15 is 0 Å². The van der Waals surface area contributed by atoms with E-state index in [4.69, 9.17) is 15.7 Å². The van der Waals surface area contributed by atoms with Gasteiger partial charge in [0.25, 0.3) is 0 Å². The highest BCUT2D eigenvalue weighted by Crippen LogP contribution is 2.38. The summed E-state index contributed by atoms with van der Waals surface area (Å²) >= 11 is 0. The molecule has 6 rings (SSSR count). The van der Waals surface area contributed by atoms with E-state index in [-0.39, 0.29) is 11.8 Å². The van der Waals surface area contributed by atoms with Crippen LogP contribution < -0.4 is 16.0 Å². The van der Waals surface area contributed by atoms with E-state index in [9.17, 15) is 4.79 Å². The van der Waals surface area contributed by atoms with E-state index in [0.717, 1.165) is 78.4 Å². The highest BCUT2D eigenvalue weighted by Gasteiger charge is 2.38. The lowest BCUT2D eigenvalue weighted by atomic mass is 9.85. The Kier molecular flexibility index (Phi) is 5.71. The van der Waals surface area contributed by atoms with Gasteiger partial charge in [-0.05, 0) is 63.1 Å². The maximum absolute atomic E-state index is 11.7. The smallest absolute Gasteiger partial charge is 0.226 e. The summed E-state index contributed by atoms with van der Waals surface area (Å²) in [4.78, 5) is 36.7. The monoisotopic (exact) mass is 483 g/mol. The van der Waals surface area contributed by atoms with E-state index in [0.29, 0.717) is 12.1 Å². The molecule has 0 aliphatic heterocycles. The van der Waals surface area contributed by atoms with Crippen molar-refractivity contribution in [1.82, 2.24) is 29.3 Å². The van der Waals surface area contributed by atoms with Gasteiger partial charge in [0.2, 0.25) is 11.9 Å². The van der Waals surface area contributed by atoms with Crippen LogP contribution in [0.15, 0.2) is 49.4 Å². The lowest BCUT2D eigenvalue weighted by Gasteiger charge is -2.36. The number of anilines is 3. The summed E-state index contributed by atoms with van der Waals surface area (Å²) in [7, 11) is 0. The summed E-state index contributed by atoms with van der Waals surface area (Å²) in [6.45, 7) is 2.03. The Morgan fingerprint density at radius 3 is 2.39 bits per heavy atom. The van der Waals surface area contributed by atoms with Gasteiger partial charge in [-0.2, -0.15) is 0 Å². The lowest BCUT2D eigenvalue weighted by molar-refractivity contribution is -0.122. The summed E-state index contributed by atoms with van der Waals surface area (Å²) in [5, 5.41) is 3.34. The van der Waals surface area contributed by atoms with Crippen molar-refractivity contribution >= 4 is 28.9 Å². The summed E-state index contributed by atoms with van der Waals surface area (Å²) < 4.78 is 2.05. The number of primary amides is 1. The first-order valence-corrected chi connectivity index (χ1v) is 12.5. The van der Waals surface area contributed by atoms with Crippen LogP contribution in [0.5, 0.6) is 0 Å². The molecule has 0 bridgehead atoms. The number of rotatable bonds is 7. The van der Waals surface area contributed by atoms with Gasteiger partial charge in [-0.25, -0.2) is 24.9 Å². The topological polar surface area (TPSA) is 127 Å². The number of nitrogens with two attached hydrogens (primary N) is 1. The molecule has 36 heavy (non-hydrogen) atoms. The third-order valence-corrected chi connectivity index (χ3v) is 7.22. The Hall–Kier alpha value is -4.08. The molecule has 2 saturated carbocycles. The van der Waals surface area contributed by atoms with Crippen molar-refractivity contribution in [3.05, 3.63) is 55.0 Å². The van der Waals surface area contributed by atoms with Crippen LogP contribution in [0, 0.1) is 12.8 Å².